The van der Waals surface area contributed by atoms with Gasteiger partial charge in [-0.05, 0) is 57.6 Å². The summed E-state index contributed by atoms with van der Waals surface area (Å²) in [5.41, 5.74) is 8.09. The molecule has 0 amide bonds. The van der Waals surface area contributed by atoms with Crippen LogP contribution in [0.15, 0.2) is 18.2 Å². The van der Waals surface area contributed by atoms with E-state index >= 15 is 0 Å². The van der Waals surface area contributed by atoms with E-state index in [9.17, 15) is 0 Å². The number of anilines is 1. The van der Waals surface area contributed by atoms with Gasteiger partial charge < -0.3 is 15.5 Å². The summed E-state index contributed by atoms with van der Waals surface area (Å²) in [6, 6.07) is 6.78. The molecule has 1 aliphatic heterocycles. The Morgan fingerprint density at radius 1 is 1.37 bits per heavy atom. The van der Waals surface area contributed by atoms with Gasteiger partial charge in [0, 0.05) is 19.1 Å². The molecule has 4 heteroatoms. The number of halogens is 1. The van der Waals surface area contributed by atoms with Crippen LogP contribution in [-0.4, -0.2) is 38.1 Å². The molecule has 0 saturated carbocycles. The van der Waals surface area contributed by atoms with Gasteiger partial charge >= 0.3 is 0 Å². The molecule has 1 unspecified atom stereocenters. The van der Waals surface area contributed by atoms with E-state index in [-0.39, 0.29) is 6.04 Å². The standard InChI is InChI=1S/C15H24ClN3/c1-11(17)12-4-5-15(14(16)10-12)19(3)13-6-8-18(2)9-7-13/h4-5,10-11,13H,6-9,17H2,1-3H3. The Morgan fingerprint density at radius 2 is 2.00 bits per heavy atom. The van der Waals surface area contributed by atoms with Gasteiger partial charge in [0.2, 0.25) is 0 Å². The van der Waals surface area contributed by atoms with Gasteiger partial charge in [0.05, 0.1) is 10.7 Å². The molecule has 2 rings (SSSR count). The van der Waals surface area contributed by atoms with E-state index in [2.05, 4.69) is 36.0 Å². The first-order valence-corrected chi connectivity index (χ1v) is 7.33. The van der Waals surface area contributed by atoms with Crippen LogP contribution < -0.4 is 10.6 Å². The molecule has 0 bridgehead atoms. The van der Waals surface area contributed by atoms with Gasteiger partial charge in [-0.25, -0.2) is 0 Å². The summed E-state index contributed by atoms with van der Waals surface area (Å²) >= 11 is 6.41. The molecule has 106 valence electrons. The van der Waals surface area contributed by atoms with Crippen LogP contribution >= 0.6 is 11.6 Å². The van der Waals surface area contributed by atoms with Gasteiger partial charge in [-0.1, -0.05) is 17.7 Å². The molecule has 0 radical (unpaired) electrons. The third-order valence-corrected chi connectivity index (χ3v) is 4.42. The number of nitrogens with zero attached hydrogens (tertiary/aromatic N) is 2. The minimum Gasteiger partial charge on any atom is -0.370 e. The highest BCUT2D eigenvalue weighted by Gasteiger charge is 2.22. The third-order valence-electron chi connectivity index (χ3n) is 4.11. The number of likely N-dealkylation sites (tertiary alicyclic amines) is 1. The monoisotopic (exact) mass is 281 g/mol. The lowest BCUT2D eigenvalue weighted by atomic mass is 10.0. The zero-order chi connectivity index (χ0) is 14.0. The zero-order valence-electron chi connectivity index (χ0n) is 12.1. The van der Waals surface area contributed by atoms with E-state index in [1.807, 2.05) is 13.0 Å². The Kier molecular flexibility index (Phi) is 4.71. The Bertz CT molecular complexity index is 425. The van der Waals surface area contributed by atoms with Crippen LogP contribution in [0.2, 0.25) is 5.02 Å². The van der Waals surface area contributed by atoms with Crippen LogP contribution in [0, 0.1) is 0 Å². The van der Waals surface area contributed by atoms with Crippen LogP contribution in [0.4, 0.5) is 5.69 Å². The molecule has 0 spiro atoms. The van der Waals surface area contributed by atoms with Gasteiger partial charge in [-0.3, -0.25) is 0 Å². The van der Waals surface area contributed by atoms with E-state index in [4.69, 9.17) is 17.3 Å². The molecule has 1 aromatic carbocycles. The lowest BCUT2D eigenvalue weighted by Crippen LogP contribution is -2.42. The van der Waals surface area contributed by atoms with Gasteiger partial charge in [0.15, 0.2) is 0 Å². The van der Waals surface area contributed by atoms with Crippen LogP contribution in [0.1, 0.15) is 31.4 Å². The van der Waals surface area contributed by atoms with E-state index in [0.29, 0.717) is 6.04 Å². The SMILES string of the molecule is CC(N)c1ccc(N(C)C2CCN(C)CC2)c(Cl)c1. The molecule has 1 atom stereocenters. The highest BCUT2D eigenvalue weighted by Crippen LogP contribution is 2.31. The normalized spacial score (nSPS) is 19.4. The molecule has 1 fully saturated rings. The van der Waals surface area contributed by atoms with Gasteiger partial charge in [-0.15, -0.1) is 0 Å². The Balaban J connectivity index is 2.12. The van der Waals surface area contributed by atoms with Crippen molar-refractivity contribution in [3.63, 3.8) is 0 Å². The summed E-state index contributed by atoms with van der Waals surface area (Å²) in [5, 5.41) is 0.802. The summed E-state index contributed by atoms with van der Waals surface area (Å²) < 4.78 is 0. The summed E-state index contributed by atoms with van der Waals surface area (Å²) in [6.07, 6.45) is 2.39. The highest BCUT2D eigenvalue weighted by atomic mass is 35.5. The summed E-state index contributed by atoms with van der Waals surface area (Å²) in [6.45, 7) is 4.29. The van der Waals surface area contributed by atoms with Crippen LogP contribution in [-0.2, 0) is 0 Å². The molecule has 1 saturated heterocycles. The molecule has 0 aromatic heterocycles. The third kappa shape index (κ3) is 3.41. The molecule has 1 heterocycles. The second-order valence-electron chi connectivity index (χ2n) is 5.64. The van der Waals surface area contributed by atoms with E-state index in [1.54, 1.807) is 0 Å². The number of piperidine rings is 1. The number of rotatable bonds is 3. The van der Waals surface area contributed by atoms with Crippen molar-refractivity contribution in [3.8, 4) is 0 Å². The molecule has 3 nitrogen and oxygen atoms in total. The topological polar surface area (TPSA) is 32.5 Å². The first kappa shape index (κ1) is 14.6. The largest absolute Gasteiger partial charge is 0.370 e. The zero-order valence-corrected chi connectivity index (χ0v) is 12.8. The molecular weight excluding hydrogens is 258 g/mol. The fraction of sp³-hybridized carbons (Fsp3) is 0.600. The Hall–Kier alpha value is -0.770. The maximum Gasteiger partial charge on any atom is 0.0642 e. The molecular formula is C15H24ClN3. The summed E-state index contributed by atoms with van der Waals surface area (Å²) in [4.78, 5) is 4.70. The molecule has 1 aliphatic rings. The van der Waals surface area contributed by atoms with Crippen molar-refractivity contribution < 1.29 is 0 Å². The first-order chi connectivity index (χ1) is 8.99. The van der Waals surface area contributed by atoms with Gasteiger partial charge in [-0.2, -0.15) is 0 Å². The second kappa shape index (κ2) is 6.12. The predicted octanol–water partition coefficient (Wildman–Crippen LogP) is 2.89. The van der Waals surface area contributed by atoms with Crippen molar-refractivity contribution in [3.05, 3.63) is 28.8 Å². The van der Waals surface area contributed by atoms with Crippen LogP contribution in [0.5, 0.6) is 0 Å². The van der Waals surface area contributed by atoms with E-state index in [1.165, 1.54) is 12.8 Å². The molecule has 0 aliphatic carbocycles. The van der Waals surface area contributed by atoms with Crippen molar-refractivity contribution in [2.75, 3.05) is 32.1 Å². The smallest absolute Gasteiger partial charge is 0.0642 e. The first-order valence-electron chi connectivity index (χ1n) is 6.95. The van der Waals surface area contributed by atoms with Crippen molar-refractivity contribution >= 4 is 17.3 Å². The fourth-order valence-electron chi connectivity index (χ4n) is 2.67. The van der Waals surface area contributed by atoms with Gasteiger partial charge in [0.25, 0.3) is 0 Å². The molecule has 19 heavy (non-hydrogen) atoms. The average molecular weight is 282 g/mol. The van der Waals surface area contributed by atoms with E-state index in [0.717, 1.165) is 29.4 Å². The maximum atomic E-state index is 6.41. The number of benzene rings is 1. The number of hydrogen-bond donors (Lipinski definition) is 1. The summed E-state index contributed by atoms with van der Waals surface area (Å²) in [7, 11) is 4.32. The lowest BCUT2D eigenvalue weighted by Gasteiger charge is -2.36. The van der Waals surface area contributed by atoms with Crippen molar-refractivity contribution in [2.24, 2.45) is 5.73 Å². The Morgan fingerprint density at radius 3 is 2.53 bits per heavy atom. The predicted molar refractivity (Wildman–Crippen MR) is 83.0 cm³/mol. The van der Waals surface area contributed by atoms with Crippen LogP contribution in [0.3, 0.4) is 0 Å². The number of hydrogen-bond acceptors (Lipinski definition) is 3. The lowest BCUT2D eigenvalue weighted by molar-refractivity contribution is 0.253. The minimum atomic E-state index is 0.0280. The van der Waals surface area contributed by atoms with Crippen molar-refractivity contribution in [1.29, 1.82) is 0 Å². The minimum absolute atomic E-state index is 0.0280. The Labute approximate surface area is 121 Å². The fourth-order valence-corrected chi connectivity index (χ4v) is 2.99. The van der Waals surface area contributed by atoms with Gasteiger partial charge in [0.1, 0.15) is 0 Å². The summed E-state index contributed by atoms with van der Waals surface area (Å²) in [5.74, 6) is 0. The highest BCUT2D eigenvalue weighted by molar-refractivity contribution is 6.33. The van der Waals surface area contributed by atoms with Crippen molar-refractivity contribution in [1.82, 2.24) is 4.90 Å². The van der Waals surface area contributed by atoms with Crippen LogP contribution in [0.25, 0.3) is 0 Å². The quantitative estimate of drug-likeness (QED) is 0.925. The van der Waals surface area contributed by atoms with Crippen molar-refractivity contribution in [2.45, 2.75) is 31.8 Å². The number of nitrogens with two attached hydrogens (primary N) is 1. The maximum absolute atomic E-state index is 6.41. The molecule has 1 aromatic rings. The second-order valence-corrected chi connectivity index (χ2v) is 6.05. The average Bonchev–Trinajstić information content (AvgIpc) is 2.38. The van der Waals surface area contributed by atoms with E-state index < -0.39 is 0 Å². The molecule has 2 N–H and O–H groups in total.